The number of hydrogen-bond acceptors (Lipinski definition) is 4. The van der Waals surface area contributed by atoms with Crippen molar-refractivity contribution < 1.29 is 14.3 Å². The van der Waals surface area contributed by atoms with Crippen molar-refractivity contribution in [2.45, 2.75) is 44.7 Å². The number of nitrogens with one attached hydrogen (secondary N) is 2. The van der Waals surface area contributed by atoms with Gasteiger partial charge in [0.05, 0.1) is 7.11 Å². The van der Waals surface area contributed by atoms with E-state index in [1.165, 1.54) is 7.11 Å². The molecule has 0 spiro atoms. The highest BCUT2D eigenvalue weighted by Crippen LogP contribution is 2.11. The summed E-state index contributed by atoms with van der Waals surface area (Å²) >= 11 is 0. The molecule has 1 unspecified atom stereocenters. The van der Waals surface area contributed by atoms with Gasteiger partial charge in [-0.1, -0.05) is 37.3 Å². The molecule has 1 aromatic carbocycles. The first kappa shape index (κ1) is 19.2. The summed E-state index contributed by atoms with van der Waals surface area (Å²) in [5, 5.41) is 5.75. The van der Waals surface area contributed by atoms with Crippen LogP contribution in [0, 0.1) is 0 Å². The van der Waals surface area contributed by atoms with Gasteiger partial charge in [-0.15, -0.1) is 0 Å². The zero-order valence-electron chi connectivity index (χ0n) is 15.2. The van der Waals surface area contributed by atoms with Crippen LogP contribution in [0.5, 0.6) is 0 Å². The molecule has 1 heterocycles. The second-order valence-corrected chi connectivity index (χ2v) is 6.50. The predicted octanol–water partition coefficient (Wildman–Crippen LogP) is 1.94. The zero-order chi connectivity index (χ0) is 18.1. The molecule has 25 heavy (non-hydrogen) atoms. The number of hydrogen-bond donors (Lipinski definition) is 2. The number of amides is 2. The highest BCUT2D eigenvalue weighted by atomic mass is 16.5. The van der Waals surface area contributed by atoms with Crippen molar-refractivity contribution >= 4 is 12.0 Å². The molecule has 2 rings (SSSR count). The Morgan fingerprint density at radius 1 is 1.24 bits per heavy atom. The molecule has 0 bridgehead atoms. The lowest BCUT2D eigenvalue weighted by Crippen LogP contribution is -2.53. The monoisotopic (exact) mass is 347 g/mol. The molecule has 1 aliphatic heterocycles. The van der Waals surface area contributed by atoms with E-state index in [1.807, 2.05) is 30.3 Å². The SMILES string of the molecule is CCCN1CCC(NC(=O)C(Cc2ccccc2)NC(=O)OC)CC1. The molecule has 2 N–H and O–H groups in total. The molecule has 0 aromatic heterocycles. The van der Waals surface area contributed by atoms with E-state index in [0.717, 1.165) is 44.5 Å². The normalized spacial score (nSPS) is 16.9. The number of rotatable bonds is 7. The first-order valence-electron chi connectivity index (χ1n) is 9.03. The van der Waals surface area contributed by atoms with Crippen molar-refractivity contribution in [2.75, 3.05) is 26.7 Å². The van der Waals surface area contributed by atoms with Crippen LogP contribution >= 0.6 is 0 Å². The predicted molar refractivity (Wildman–Crippen MR) is 97.4 cm³/mol. The fourth-order valence-corrected chi connectivity index (χ4v) is 3.18. The Morgan fingerprint density at radius 3 is 2.52 bits per heavy atom. The maximum atomic E-state index is 12.7. The summed E-state index contributed by atoms with van der Waals surface area (Å²) in [7, 11) is 1.30. The summed E-state index contributed by atoms with van der Waals surface area (Å²) in [6.45, 7) is 5.31. The molecule has 138 valence electrons. The molecular weight excluding hydrogens is 318 g/mol. The van der Waals surface area contributed by atoms with Crippen molar-refractivity contribution in [3.63, 3.8) is 0 Å². The van der Waals surface area contributed by atoms with E-state index in [-0.39, 0.29) is 11.9 Å². The topological polar surface area (TPSA) is 70.7 Å². The van der Waals surface area contributed by atoms with Gasteiger partial charge in [0.15, 0.2) is 0 Å². The number of piperidine rings is 1. The van der Waals surface area contributed by atoms with Gasteiger partial charge in [-0.25, -0.2) is 4.79 Å². The third-order valence-electron chi connectivity index (χ3n) is 4.55. The zero-order valence-corrected chi connectivity index (χ0v) is 15.2. The largest absolute Gasteiger partial charge is 0.453 e. The van der Waals surface area contributed by atoms with Crippen LogP contribution in [0.2, 0.25) is 0 Å². The van der Waals surface area contributed by atoms with E-state index in [0.29, 0.717) is 6.42 Å². The molecule has 0 radical (unpaired) electrons. The standard InChI is InChI=1S/C19H29N3O3/c1-3-11-22-12-9-16(10-13-22)20-18(23)17(21-19(24)25-2)14-15-7-5-4-6-8-15/h4-8,16-17H,3,9-14H2,1-2H3,(H,20,23)(H,21,24). The summed E-state index contributed by atoms with van der Waals surface area (Å²) in [5.74, 6) is -0.150. The number of carbonyl (C=O) groups is 2. The van der Waals surface area contributed by atoms with Crippen molar-refractivity contribution in [2.24, 2.45) is 0 Å². The smallest absolute Gasteiger partial charge is 0.407 e. The fourth-order valence-electron chi connectivity index (χ4n) is 3.18. The number of ether oxygens (including phenoxy) is 1. The van der Waals surface area contributed by atoms with Gasteiger partial charge in [0.1, 0.15) is 6.04 Å². The molecule has 0 saturated carbocycles. The van der Waals surface area contributed by atoms with E-state index in [4.69, 9.17) is 0 Å². The number of likely N-dealkylation sites (tertiary alicyclic amines) is 1. The maximum absolute atomic E-state index is 12.7. The molecule has 6 heteroatoms. The molecule has 0 aliphatic carbocycles. The van der Waals surface area contributed by atoms with Crippen molar-refractivity contribution in [3.05, 3.63) is 35.9 Å². The molecule has 1 aliphatic rings. The van der Waals surface area contributed by atoms with Gasteiger partial charge in [-0.2, -0.15) is 0 Å². The molecular formula is C19H29N3O3. The van der Waals surface area contributed by atoms with E-state index in [2.05, 4.69) is 27.2 Å². The lowest BCUT2D eigenvalue weighted by Gasteiger charge is -2.32. The number of benzene rings is 1. The Balaban J connectivity index is 1.92. The van der Waals surface area contributed by atoms with Crippen LogP contribution in [0.3, 0.4) is 0 Å². The van der Waals surface area contributed by atoms with Gasteiger partial charge in [0, 0.05) is 25.6 Å². The third-order valence-corrected chi connectivity index (χ3v) is 4.55. The number of alkyl carbamates (subject to hydrolysis) is 1. The Bertz CT molecular complexity index is 542. The highest BCUT2D eigenvalue weighted by molar-refractivity contribution is 5.86. The summed E-state index contributed by atoms with van der Waals surface area (Å²) in [6.07, 6.45) is 2.90. The van der Waals surface area contributed by atoms with E-state index in [9.17, 15) is 9.59 Å². The van der Waals surface area contributed by atoms with Crippen LogP contribution < -0.4 is 10.6 Å². The minimum absolute atomic E-state index is 0.150. The minimum Gasteiger partial charge on any atom is -0.453 e. The minimum atomic E-state index is -0.636. The van der Waals surface area contributed by atoms with Gasteiger partial charge in [0.2, 0.25) is 5.91 Å². The number of nitrogens with zero attached hydrogens (tertiary/aromatic N) is 1. The summed E-state index contributed by atoms with van der Waals surface area (Å²) in [4.78, 5) is 26.7. The Morgan fingerprint density at radius 2 is 1.92 bits per heavy atom. The van der Waals surface area contributed by atoms with Crippen LogP contribution in [-0.2, 0) is 16.0 Å². The van der Waals surface area contributed by atoms with Gasteiger partial charge in [-0.3, -0.25) is 4.79 Å². The molecule has 6 nitrogen and oxygen atoms in total. The quantitative estimate of drug-likeness (QED) is 0.791. The van der Waals surface area contributed by atoms with Crippen LogP contribution in [-0.4, -0.2) is 55.7 Å². The summed E-state index contributed by atoms with van der Waals surface area (Å²) < 4.78 is 4.66. The van der Waals surface area contributed by atoms with Crippen molar-refractivity contribution in [1.82, 2.24) is 15.5 Å². The first-order valence-corrected chi connectivity index (χ1v) is 9.03. The molecule has 1 fully saturated rings. The van der Waals surface area contributed by atoms with Gasteiger partial charge >= 0.3 is 6.09 Å². The van der Waals surface area contributed by atoms with Crippen molar-refractivity contribution in [3.8, 4) is 0 Å². The summed E-state index contributed by atoms with van der Waals surface area (Å²) in [5.41, 5.74) is 0.997. The molecule has 1 saturated heterocycles. The summed E-state index contributed by atoms with van der Waals surface area (Å²) in [6, 6.07) is 9.20. The lowest BCUT2D eigenvalue weighted by atomic mass is 10.0. The van der Waals surface area contributed by atoms with Crippen molar-refractivity contribution in [1.29, 1.82) is 0 Å². The van der Waals surface area contributed by atoms with Crippen LogP contribution in [0.1, 0.15) is 31.7 Å². The van der Waals surface area contributed by atoms with Crippen LogP contribution in [0.4, 0.5) is 4.79 Å². The van der Waals surface area contributed by atoms with Crippen LogP contribution in [0.15, 0.2) is 30.3 Å². The average Bonchev–Trinajstić information content (AvgIpc) is 2.63. The van der Waals surface area contributed by atoms with Gasteiger partial charge < -0.3 is 20.3 Å². The Hall–Kier alpha value is -2.08. The first-order chi connectivity index (χ1) is 12.1. The third kappa shape index (κ3) is 6.38. The Kier molecular flexibility index (Phi) is 7.73. The second kappa shape index (κ2) is 10.0. The number of methoxy groups -OCH3 is 1. The maximum Gasteiger partial charge on any atom is 0.407 e. The highest BCUT2D eigenvalue weighted by Gasteiger charge is 2.26. The Labute approximate surface area is 149 Å². The average molecular weight is 347 g/mol. The number of carbonyl (C=O) groups excluding carboxylic acids is 2. The van der Waals surface area contributed by atoms with Crippen LogP contribution in [0.25, 0.3) is 0 Å². The lowest BCUT2D eigenvalue weighted by molar-refractivity contribution is -0.124. The fraction of sp³-hybridized carbons (Fsp3) is 0.579. The second-order valence-electron chi connectivity index (χ2n) is 6.50. The molecule has 1 aromatic rings. The van der Waals surface area contributed by atoms with Gasteiger partial charge in [0.25, 0.3) is 0 Å². The molecule has 2 amide bonds. The van der Waals surface area contributed by atoms with Gasteiger partial charge in [-0.05, 0) is 31.4 Å². The van der Waals surface area contributed by atoms with E-state index < -0.39 is 12.1 Å². The molecule has 1 atom stereocenters. The van der Waals surface area contributed by atoms with E-state index >= 15 is 0 Å². The van der Waals surface area contributed by atoms with E-state index in [1.54, 1.807) is 0 Å².